The number of anilines is 1. The van der Waals surface area contributed by atoms with Gasteiger partial charge in [-0.1, -0.05) is 18.7 Å². The van der Waals surface area contributed by atoms with Crippen molar-refractivity contribution < 1.29 is 19.1 Å². The van der Waals surface area contributed by atoms with Crippen LogP contribution in [-0.2, 0) is 14.3 Å². The first-order valence-corrected chi connectivity index (χ1v) is 6.22. The Balaban J connectivity index is 2.52. The lowest BCUT2D eigenvalue weighted by atomic mass is 10.3. The summed E-state index contributed by atoms with van der Waals surface area (Å²) in [5, 5.41) is 4.92. The van der Waals surface area contributed by atoms with Gasteiger partial charge in [0.05, 0.1) is 25.1 Å². The summed E-state index contributed by atoms with van der Waals surface area (Å²) in [5.41, 5.74) is 0.455. The molecule has 0 unspecified atom stereocenters. The van der Waals surface area contributed by atoms with E-state index in [1.807, 2.05) is 6.92 Å². The summed E-state index contributed by atoms with van der Waals surface area (Å²) in [4.78, 5) is 23.2. The van der Waals surface area contributed by atoms with E-state index in [4.69, 9.17) is 9.47 Å². The number of amides is 2. The maximum Gasteiger partial charge on any atom is 0.313 e. The molecule has 20 heavy (non-hydrogen) atoms. The first kappa shape index (κ1) is 15.6. The highest BCUT2D eigenvalue weighted by Crippen LogP contribution is 2.23. The van der Waals surface area contributed by atoms with Crippen molar-refractivity contribution in [3.63, 3.8) is 0 Å². The fourth-order valence-electron chi connectivity index (χ4n) is 1.42. The average molecular weight is 278 g/mol. The zero-order valence-electron chi connectivity index (χ0n) is 11.3. The van der Waals surface area contributed by atoms with Gasteiger partial charge in [0.2, 0.25) is 0 Å². The van der Waals surface area contributed by atoms with Gasteiger partial charge in [-0.3, -0.25) is 9.59 Å². The van der Waals surface area contributed by atoms with Crippen LogP contribution in [0.4, 0.5) is 5.69 Å². The fourth-order valence-corrected chi connectivity index (χ4v) is 1.42. The Morgan fingerprint density at radius 1 is 1.30 bits per heavy atom. The minimum atomic E-state index is -0.754. The van der Waals surface area contributed by atoms with Crippen LogP contribution in [0.5, 0.6) is 5.75 Å². The Morgan fingerprint density at radius 3 is 2.75 bits per heavy atom. The first-order valence-electron chi connectivity index (χ1n) is 6.22. The van der Waals surface area contributed by atoms with Crippen molar-refractivity contribution >= 4 is 17.5 Å². The van der Waals surface area contributed by atoms with E-state index in [-0.39, 0.29) is 13.2 Å². The summed E-state index contributed by atoms with van der Waals surface area (Å²) < 4.78 is 10.2. The van der Waals surface area contributed by atoms with Crippen LogP contribution in [0.3, 0.4) is 0 Å². The molecule has 0 atom stereocenters. The molecule has 1 aromatic rings. The van der Waals surface area contributed by atoms with Crippen molar-refractivity contribution in [1.29, 1.82) is 0 Å². The molecule has 0 bridgehead atoms. The van der Waals surface area contributed by atoms with Crippen LogP contribution in [0.1, 0.15) is 6.92 Å². The minimum Gasteiger partial charge on any atom is -0.500 e. The standard InChI is InChI=1S/C14H18N2O4/c1-3-19-10-9-15-13(17)14(18)16-11-7-5-6-8-12(11)20-4-2/h3,5-8H,1,4,9-10H2,2H3,(H,15,17)(H,16,18). The van der Waals surface area contributed by atoms with Gasteiger partial charge in [0.1, 0.15) is 12.4 Å². The molecule has 1 rings (SSSR count). The normalized spacial score (nSPS) is 9.45. The van der Waals surface area contributed by atoms with Crippen molar-refractivity contribution in [2.24, 2.45) is 0 Å². The smallest absolute Gasteiger partial charge is 0.313 e. The fraction of sp³-hybridized carbons (Fsp3) is 0.286. The molecule has 1 aromatic carbocycles. The maximum absolute atomic E-state index is 11.7. The lowest BCUT2D eigenvalue weighted by Crippen LogP contribution is -2.37. The number of hydrogen-bond donors (Lipinski definition) is 2. The van der Waals surface area contributed by atoms with E-state index in [0.29, 0.717) is 18.0 Å². The second kappa shape index (κ2) is 8.58. The summed E-state index contributed by atoms with van der Waals surface area (Å²) in [6.07, 6.45) is 1.27. The molecule has 2 amide bonds. The van der Waals surface area contributed by atoms with E-state index in [0.717, 1.165) is 0 Å². The van der Waals surface area contributed by atoms with Crippen LogP contribution < -0.4 is 15.4 Å². The van der Waals surface area contributed by atoms with Crippen LogP contribution in [0.15, 0.2) is 37.1 Å². The van der Waals surface area contributed by atoms with E-state index < -0.39 is 11.8 Å². The summed E-state index contributed by atoms with van der Waals surface area (Å²) >= 11 is 0. The second-order valence-corrected chi connectivity index (χ2v) is 3.68. The molecule has 108 valence electrons. The number of benzene rings is 1. The third kappa shape index (κ3) is 5.01. The molecule has 0 saturated heterocycles. The Labute approximate surface area is 117 Å². The zero-order valence-corrected chi connectivity index (χ0v) is 11.3. The Hall–Kier alpha value is -2.50. The number of rotatable bonds is 7. The number of nitrogens with one attached hydrogen (secondary N) is 2. The number of carbonyl (C=O) groups is 2. The molecule has 0 aliphatic rings. The zero-order chi connectivity index (χ0) is 14.8. The summed E-state index contributed by atoms with van der Waals surface area (Å²) in [6, 6.07) is 6.91. The van der Waals surface area contributed by atoms with Gasteiger partial charge in [0, 0.05) is 0 Å². The third-order valence-corrected chi connectivity index (χ3v) is 2.26. The maximum atomic E-state index is 11.7. The average Bonchev–Trinajstić information content (AvgIpc) is 2.45. The van der Waals surface area contributed by atoms with Crippen LogP contribution in [0.2, 0.25) is 0 Å². The van der Waals surface area contributed by atoms with Crippen molar-refractivity contribution in [2.75, 3.05) is 25.1 Å². The van der Waals surface area contributed by atoms with Crippen LogP contribution in [0.25, 0.3) is 0 Å². The van der Waals surface area contributed by atoms with E-state index in [1.54, 1.807) is 24.3 Å². The van der Waals surface area contributed by atoms with Gasteiger partial charge in [0.15, 0.2) is 0 Å². The molecule has 0 saturated carbocycles. The molecule has 0 aliphatic carbocycles. The number of ether oxygens (including phenoxy) is 2. The molecule has 0 spiro atoms. The van der Waals surface area contributed by atoms with Gasteiger partial charge in [-0.05, 0) is 19.1 Å². The van der Waals surface area contributed by atoms with Gasteiger partial charge < -0.3 is 20.1 Å². The highest BCUT2D eigenvalue weighted by molar-refractivity contribution is 6.39. The third-order valence-electron chi connectivity index (χ3n) is 2.26. The molecule has 2 N–H and O–H groups in total. The first-order chi connectivity index (χ1) is 9.69. The van der Waals surface area contributed by atoms with E-state index in [9.17, 15) is 9.59 Å². The summed E-state index contributed by atoms with van der Waals surface area (Å²) in [7, 11) is 0. The molecular weight excluding hydrogens is 260 g/mol. The lowest BCUT2D eigenvalue weighted by molar-refractivity contribution is -0.136. The van der Waals surface area contributed by atoms with Crippen LogP contribution >= 0.6 is 0 Å². The predicted octanol–water partition coefficient (Wildman–Crippen LogP) is 1.30. The molecule has 0 fully saturated rings. The largest absolute Gasteiger partial charge is 0.500 e. The van der Waals surface area contributed by atoms with Gasteiger partial charge in [0.25, 0.3) is 0 Å². The second-order valence-electron chi connectivity index (χ2n) is 3.68. The number of para-hydroxylation sites is 2. The van der Waals surface area contributed by atoms with Gasteiger partial charge in [-0.25, -0.2) is 0 Å². The summed E-state index contributed by atoms with van der Waals surface area (Å²) in [5.74, 6) is -0.967. The molecule has 0 radical (unpaired) electrons. The van der Waals surface area contributed by atoms with E-state index in [1.165, 1.54) is 6.26 Å². The predicted molar refractivity (Wildman–Crippen MR) is 75.4 cm³/mol. The van der Waals surface area contributed by atoms with Crippen molar-refractivity contribution in [3.8, 4) is 5.75 Å². The van der Waals surface area contributed by atoms with E-state index >= 15 is 0 Å². The topological polar surface area (TPSA) is 76.7 Å². The molecule has 6 nitrogen and oxygen atoms in total. The highest BCUT2D eigenvalue weighted by atomic mass is 16.5. The minimum absolute atomic E-state index is 0.228. The van der Waals surface area contributed by atoms with Gasteiger partial charge in [-0.2, -0.15) is 0 Å². The molecule has 0 aliphatic heterocycles. The SMILES string of the molecule is C=COCCNC(=O)C(=O)Nc1ccccc1OCC. The lowest BCUT2D eigenvalue weighted by Gasteiger charge is -2.11. The van der Waals surface area contributed by atoms with Crippen molar-refractivity contribution in [1.82, 2.24) is 5.32 Å². The highest BCUT2D eigenvalue weighted by Gasteiger charge is 2.14. The van der Waals surface area contributed by atoms with Crippen molar-refractivity contribution in [3.05, 3.63) is 37.1 Å². The van der Waals surface area contributed by atoms with Crippen LogP contribution in [0, 0.1) is 0 Å². The quantitative estimate of drug-likeness (QED) is 0.448. The number of hydrogen-bond acceptors (Lipinski definition) is 4. The monoisotopic (exact) mass is 278 g/mol. The van der Waals surface area contributed by atoms with Crippen molar-refractivity contribution in [2.45, 2.75) is 6.92 Å². The van der Waals surface area contributed by atoms with E-state index in [2.05, 4.69) is 17.2 Å². The van der Waals surface area contributed by atoms with Gasteiger partial charge in [-0.15, -0.1) is 0 Å². The van der Waals surface area contributed by atoms with Crippen LogP contribution in [-0.4, -0.2) is 31.6 Å². The van der Waals surface area contributed by atoms with Gasteiger partial charge >= 0.3 is 11.8 Å². The molecule has 0 heterocycles. The molecule has 0 aromatic heterocycles. The molecule has 6 heteroatoms. The Bertz CT molecular complexity index is 474. The number of carbonyl (C=O) groups excluding carboxylic acids is 2. The summed E-state index contributed by atoms with van der Waals surface area (Å²) in [6.45, 7) is 6.17. The Morgan fingerprint density at radius 2 is 2.05 bits per heavy atom. The Kier molecular flexibility index (Phi) is 6.67. The molecular formula is C14H18N2O4.